The molecule has 0 saturated heterocycles. The van der Waals surface area contributed by atoms with Gasteiger partial charge in [-0.3, -0.25) is 0 Å². The summed E-state index contributed by atoms with van der Waals surface area (Å²) in [5.41, 5.74) is 3.07. The normalized spacial score (nSPS) is 10.8. The first-order chi connectivity index (χ1) is 8.74. The van der Waals surface area contributed by atoms with Crippen LogP contribution in [0, 0.1) is 12.7 Å². The Labute approximate surface area is 106 Å². The van der Waals surface area contributed by atoms with Crippen molar-refractivity contribution in [2.24, 2.45) is 5.16 Å². The van der Waals surface area contributed by atoms with E-state index in [2.05, 4.69) is 5.16 Å². The molecule has 0 aliphatic heterocycles. The van der Waals surface area contributed by atoms with Gasteiger partial charge in [0.1, 0.15) is 12.4 Å². The molecule has 0 aliphatic carbocycles. The molecule has 3 heteroatoms. The van der Waals surface area contributed by atoms with Crippen LogP contribution in [-0.2, 0) is 11.4 Å². The molecule has 0 amide bonds. The molecular weight excluding hydrogens is 229 g/mol. The van der Waals surface area contributed by atoms with E-state index >= 15 is 0 Å². The number of oxime groups is 1. The third-order valence-corrected chi connectivity index (χ3v) is 2.46. The molecule has 2 aromatic rings. The third-order valence-electron chi connectivity index (χ3n) is 2.46. The molecule has 0 N–H and O–H groups in total. The van der Waals surface area contributed by atoms with Crippen molar-refractivity contribution in [1.29, 1.82) is 0 Å². The summed E-state index contributed by atoms with van der Waals surface area (Å²) >= 11 is 0. The molecular formula is C15H14FNO. The zero-order chi connectivity index (χ0) is 12.8. The van der Waals surface area contributed by atoms with Crippen molar-refractivity contribution in [3.8, 4) is 0 Å². The summed E-state index contributed by atoms with van der Waals surface area (Å²) < 4.78 is 12.7. The van der Waals surface area contributed by atoms with Gasteiger partial charge in [-0.25, -0.2) is 4.39 Å². The minimum Gasteiger partial charge on any atom is -0.391 e. The van der Waals surface area contributed by atoms with Crippen molar-refractivity contribution in [1.82, 2.24) is 0 Å². The molecule has 0 aromatic heterocycles. The molecule has 2 nitrogen and oxygen atoms in total. The second-order valence-corrected chi connectivity index (χ2v) is 4.05. The molecule has 92 valence electrons. The lowest BCUT2D eigenvalue weighted by molar-refractivity contribution is 0.132. The summed E-state index contributed by atoms with van der Waals surface area (Å²) in [7, 11) is 0. The summed E-state index contributed by atoms with van der Waals surface area (Å²) in [6.07, 6.45) is 1.56. The molecule has 0 fully saturated rings. The maximum absolute atomic E-state index is 12.7. The molecule has 2 rings (SSSR count). The average molecular weight is 243 g/mol. The lowest BCUT2D eigenvalue weighted by atomic mass is 10.1. The molecule has 2 aromatic carbocycles. The first-order valence-corrected chi connectivity index (χ1v) is 5.70. The average Bonchev–Trinajstić information content (AvgIpc) is 2.37. The van der Waals surface area contributed by atoms with Crippen molar-refractivity contribution in [3.05, 3.63) is 71.0 Å². The summed E-state index contributed by atoms with van der Waals surface area (Å²) in [5, 5.41) is 3.85. The molecule has 0 spiro atoms. The van der Waals surface area contributed by atoms with Crippen LogP contribution in [-0.4, -0.2) is 6.21 Å². The topological polar surface area (TPSA) is 21.6 Å². The molecule has 0 bridgehead atoms. The Morgan fingerprint density at radius 2 is 1.94 bits per heavy atom. The molecule has 0 radical (unpaired) electrons. The van der Waals surface area contributed by atoms with Gasteiger partial charge in [0.05, 0.1) is 6.21 Å². The molecule has 0 heterocycles. The van der Waals surface area contributed by atoms with E-state index in [1.807, 2.05) is 31.2 Å². The van der Waals surface area contributed by atoms with Crippen LogP contribution in [0.15, 0.2) is 53.7 Å². The van der Waals surface area contributed by atoms with Gasteiger partial charge in [0.2, 0.25) is 0 Å². The quantitative estimate of drug-likeness (QED) is 0.593. The highest BCUT2D eigenvalue weighted by molar-refractivity contribution is 5.78. The summed E-state index contributed by atoms with van der Waals surface area (Å²) in [6.45, 7) is 2.46. The van der Waals surface area contributed by atoms with Crippen LogP contribution in [0.3, 0.4) is 0 Å². The second kappa shape index (κ2) is 5.96. The molecule has 0 aliphatic rings. The Morgan fingerprint density at radius 3 is 2.67 bits per heavy atom. The zero-order valence-corrected chi connectivity index (χ0v) is 10.1. The molecule has 0 unspecified atom stereocenters. The van der Waals surface area contributed by atoms with Crippen LogP contribution in [0.4, 0.5) is 4.39 Å². The van der Waals surface area contributed by atoms with Crippen molar-refractivity contribution in [3.63, 3.8) is 0 Å². The van der Waals surface area contributed by atoms with Gasteiger partial charge in [-0.15, -0.1) is 0 Å². The van der Waals surface area contributed by atoms with Gasteiger partial charge in [-0.2, -0.15) is 0 Å². The Balaban J connectivity index is 1.87. The van der Waals surface area contributed by atoms with E-state index in [0.29, 0.717) is 6.61 Å². The van der Waals surface area contributed by atoms with Crippen LogP contribution in [0.2, 0.25) is 0 Å². The van der Waals surface area contributed by atoms with Crippen molar-refractivity contribution >= 4 is 6.21 Å². The van der Waals surface area contributed by atoms with Crippen molar-refractivity contribution < 1.29 is 9.23 Å². The van der Waals surface area contributed by atoms with Gasteiger partial charge in [0.15, 0.2) is 0 Å². The number of halogens is 1. The number of hydrogen-bond acceptors (Lipinski definition) is 2. The number of benzene rings is 2. The van der Waals surface area contributed by atoms with Gasteiger partial charge < -0.3 is 4.84 Å². The first kappa shape index (κ1) is 12.3. The van der Waals surface area contributed by atoms with Crippen LogP contribution >= 0.6 is 0 Å². The predicted molar refractivity (Wildman–Crippen MR) is 70.0 cm³/mol. The summed E-state index contributed by atoms with van der Waals surface area (Å²) in [4.78, 5) is 5.18. The van der Waals surface area contributed by atoms with Gasteiger partial charge in [0, 0.05) is 0 Å². The van der Waals surface area contributed by atoms with E-state index in [1.165, 1.54) is 17.7 Å². The smallest absolute Gasteiger partial charge is 0.142 e. The van der Waals surface area contributed by atoms with E-state index in [0.717, 1.165) is 11.1 Å². The largest absolute Gasteiger partial charge is 0.391 e. The lowest BCUT2D eigenvalue weighted by Gasteiger charge is -2.00. The van der Waals surface area contributed by atoms with Gasteiger partial charge >= 0.3 is 0 Å². The second-order valence-electron chi connectivity index (χ2n) is 4.05. The van der Waals surface area contributed by atoms with E-state index in [-0.39, 0.29) is 5.82 Å². The van der Waals surface area contributed by atoms with Gasteiger partial charge in [-0.1, -0.05) is 47.1 Å². The third kappa shape index (κ3) is 3.70. The fraction of sp³-hybridized carbons (Fsp3) is 0.133. The predicted octanol–water partition coefficient (Wildman–Crippen LogP) is 3.68. The monoisotopic (exact) mass is 243 g/mol. The summed E-state index contributed by atoms with van der Waals surface area (Å²) in [5.74, 6) is -0.257. The van der Waals surface area contributed by atoms with Crippen LogP contribution in [0.1, 0.15) is 16.7 Å². The van der Waals surface area contributed by atoms with E-state index in [4.69, 9.17) is 4.84 Å². The minimum absolute atomic E-state index is 0.257. The molecule has 0 atom stereocenters. The molecule has 0 saturated carbocycles. The minimum atomic E-state index is -0.257. The maximum Gasteiger partial charge on any atom is 0.142 e. The standard InChI is InChI=1S/C15H14FNO/c1-12-3-2-4-14(9-12)11-18-17-10-13-5-7-15(16)8-6-13/h2-10H,11H2,1H3. The lowest BCUT2D eigenvalue weighted by Crippen LogP contribution is -1.89. The first-order valence-electron chi connectivity index (χ1n) is 5.70. The van der Waals surface area contributed by atoms with E-state index < -0.39 is 0 Å². The van der Waals surface area contributed by atoms with Crippen LogP contribution in [0.5, 0.6) is 0 Å². The highest BCUT2D eigenvalue weighted by Gasteiger charge is 1.93. The number of aryl methyl sites for hydroxylation is 1. The maximum atomic E-state index is 12.7. The van der Waals surface area contributed by atoms with E-state index in [1.54, 1.807) is 18.3 Å². The number of rotatable bonds is 4. The van der Waals surface area contributed by atoms with Crippen LogP contribution in [0.25, 0.3) is 0 Å². The fourth-order valence-corrected chi connectivity index (χ4v) is 1.56. The van der Waals surface area contributed by atoms with Crippen molar-refractivity contribution in [2.75, 3.05) is 0 Å². The fourth-order valence-electron chi connectivity index (χ4n) is 1.56. The van der Waals surface area contributed by atoms with Crippen molar-refractivity contribution in [2.45, 2.75) is 13.5 Å². The highest BCUT2D eigenvalue weighted by Crippen LogP contribution is 2.05. The zero-order valence-electron chi connectivity index (χ0n) is 10.1. The van der Waals surface area contributed by atoms with Crippen LogP contribution < -0.4 is 0 Å². The SMILES string of the molecule is Cc1cccc(CON=Cc2ccc(F)cc2)c1. The number of hydrogen-bond donors (Lipinski definition) is 0. The molecule has 18 heavy (non-hydrogen) atoms. The van der Waals surface area contributed by atoms with Gasteiger partial charge in [0.25, 0.3) is 0 Å². The Bertz CT molecular complexity index is 534. The Hall–Kier alpha value is -2.16. The van der Waals surface area contributed by atoms with Gasteiger partial charge in [-0.05, 0) is 30.2 Å². The Kier molecular flexibility index (Phi) is 4.07. The van der Waals surface area contributed by atoms with E-state index in [9.17, 15) is 4.39 Å². The number of nitrogens with zero attached hydrogens (tertiary/aromatic N) is 1. The summed E-state index contributed by atoms with van der Waals surface area (Å²) in [6, 6.07) is 14.1. The highest BCUT2D eigenvalue weighted by atomic mass is 19.1. The Morgan fingerprint density at radius 1 is 1.17 bits per heavy atom.